The summed E-state index contributed by atoms with van der Waals surface area (Å²) in [6.45, 7) is 0. The number of methoxy groups -OCH3 is 1. The van der Waals surface area contributed by atoms with Crippen LogP contribution in [0.2, 0.25) is 5.02 Å². The number of carbonyl (C=O) groups is 1. The molecule has 2 nitrogen and oxygen atoms in total. The molecular weight excluding hydrogens is 212 g/mol. The number of rotatable bonds is 2. The highest BCUT2D eigenvalue weighted by molar-refractivity contribution is 6.32. The Hall–Kier alpha value is -1.02. The molecule has 15 heavy (non-hydrogen) atoms. The minimum absolute atomic E-state index is 0.521. The van der Waals surface area contributed by atoms with E-state index in [0.717, 1.165) is 31.1 Å². The molecule has 1 aliphatic rings. The number of ether oxygens (including phenoxy) is 1. The second-order valence-electron chi connectivity index (χ2n) is 3.77. The summed E-state index contributed by atoms with van der Waals surface area (Å²) < 4.78 is 5.17. The van der Waals surface area contributed by atoms with Crippen molar-refractivity contribution < 1.29 is 9.53 Å². The fourth-order valence-electron chi connectivity index (χ4n) is 2.21. The highest BCUT2D eigenvalue weighted by atomic mass is 35.5. The first-order valence-electron chi connectivity index (χ1n) is 5.11. The standard InChI is InChI=1S/C12H13ClO2/c1-15-12-10(7-14)9-5-3-2-4-8(9)6-11(12)13/h6-7H,2-5H2,1H3. The zero-order valence-electron chi connectivity index (χ0n) is 8.68. The second-order valence-corrected chi connectivity index (χ2v) is 4.18. The molecule has 0 heterocycles. The summed E-state index contributed by atoms with van der Waals surface area (Å²) in [5.41, 5.74) is 2.96. The quantitative estimate of drug-likeness (QED) is 0.722. The summed E-state index contributed by atoms with van der Waals surface area (Å²) in [5.74, 6) is 0.521. The fourth-order valence-corrected chi connectivity index (χ4v) is 2.52. The van der Waals surface area contributed by atoms with E-state index in [4.69, 9.17) is 16.3 Å². The zero-order chi connectivity index (χ0) is 10.8. The molecule has 0 saturated carbocycles. The predicted octanol–water partition coefficient (Wildman–Crippen LogP) is 3.04. The molecule has 0 amide bonds. The number of carbonyl (C=O) groups excluding carboxylic acids is 1. The number of benzene rings is 1. The number of fused-ring (bicyclic) bond motifs is 1. The Bertz CT molecular complexity index is 399. The van der Waals surface area contributed by atoms with E-state index in [2.05, 4.69) is 0 Å². The molecule has 0 bridgehead atoms. The van der Waals surface area contributed by atoms with E-state index in [9.17, 15) is 4.79 Å². The van der Waals surface area contributed by atoms with Crippen molar-refractivity contribution in [3.05, 3.63) is 27.8 Å². The predicted molar refractivity (Wildman–Crippen MR) is 60.0 cm³/mol. The summed E-state index contributed by atoms with van der Waals surface area (Å²) in [6.07, 6.45) is 5.14. The Kier molecular flexibility index (Phi) is 2.96. The van der Waals surface area contributed by atoms with E-state index in [1.807, 2.05) is 6.07 Å². The van der Waals surface area contributed by atoms with Gasteiger partial charge in [0.05, 0.1) is 17.7 Å². The maximum atomic E-state index is 11.1. The lowest BCUT2D eigenvalue weighted by Crippen LogP contribution is -2.08. The summed E-state index contributed by atoms with van der Waals surface area (Å²) in [5, 5.41) is 0.542. The van der Waals surface area contributed by atoms with Crippen LogP contribution in [0.4, 0.5) is 0 Å². The highest BCUT2D eigenvalue weighted by Gasteiger charge is 2.19. The smallest absolute Gasteiger partial charge is 0.154 e. The summed E-state index contributed by atoms with van der Waals surface area (Å²) in [7, 11) is 1.55. The van der Waals surface area contributed by atoms with Crippen LogP contribution in [-0.4, -0.2) is 13.4 Å². The van der Waals surface area contributed by atoms with Crippen LogP contribution in [0.5, 0.6) is 5.75 Å². The molecule has 0 aliphatic heterocycles. The minimum atomic E-state index is 0.521. The van der Waals surface area contributed by atoms with Gasteiger partial charge >= 0.3 is 0 Å². The van der Waals surface area contributed by atoms with Crippen LogP contribution in [0, 0.1) is 0 Å². The average Bonchev–Trinajstić information content (AvgIpc) is 2.27. The molecule has 1 aromatic carbocycles. The number of hydrogen-bond donors (Lipinski definition) is 0. The summed E-state index contributed by atoms with van der Waals surface area (Å²) in [4.78, 5) is 11.1. The third-order valence-corrected chi connectivity index (χ3v) is 3.20. The van der Waals surface area contributed by atoms with Crippen molar-refractivity contribution in [2.75, 3.05) is 7.11 Å². The highest BCUT2D eigenvalue weighted by Crippen LogP contribution is 2.36. The van der Waals surface area contributed by atoms with Gasteiger partial charge in [0.2, 0.25) is 0 Å². The average molecular weight is 225 g/mol. The first kappa shape index (κ1) is 10.5. The Balaban J connectivity index is 2.64. The van der Waals surface area contributed by atoms with Crippen molar-refractivity contribution in [3.8, 4) is 5.75 Å². The van der Waals surface area contributed by atoms with Crippen LogP contribution >= 0.6 is 11.6 Å². The van der Waals surface area contributed by atoms with Crippen LogP contribution < -0.4 is 4.74 Å². The lowest BCUT2D eigenvalue weighted by molar-refractivity contribution is 0.111. The van der Waals surface area contributed by atoms with Crippen LogP contribution in [0.15, 0.2) is 6.07 Å². The third kappa shape index (κ3) is 1.74. The molecule has 2 rings (SSSR count). The number of hydrogen-bond acceptors (Lipinski definition) is 2. The van der Waals surface area contributed by atoms with E-state index in [1.54, 1.807) is 7.11 Å². The number of halogens is 1. The fraction of sp³-hybridized carbons (Fsp3) is 0.417. The van der Waals surface area contributed by atoms with Crippen molar-refractivity contribution in [2.24, 2.45) is 0 Å². The van der Waals surface area contributed by atoms with Crippen molar-refractivity contribution in [3.63, 3.8) is 0 Å². The molecular formula is C12H13ClO2. The van der Waals surface area contributed by atoms with Gasteiger partial charge in [0, 0.05) is 0 Å². The van der Waals surface area contributed by atoms with Crippen LogP contribution in [-0.2, 0) is 12.8 Å². The second kappa shape index (κ2) is 4.23. The molecule has 0 fully saturated rings. The van der Waals surface area contributed by atoms with E-state index >= 15 is 0 Å². The van der Waals surface area contributed by atoms with Crippen LogP contribution in [0.1, 0.15) is 34.3 Å². The Morgan fingerprint density at radius 3 is 2.80 bits per heavy atom. The minimum Gasteiger partial charge on any atom is -0.494 e. The molecule has 1 aliphatic carbocycles. The van der Waals surface area contributed by atoms with E-state index in [0.29, 0.717) is 16.3 Å². The van der Waals surface area contributed by atoms with Gasteiger partial charge in [-0.05, 0) is 42.9 Å². The molecule has 0 radical (unpaired) electrons. The molecule has 3 heteroatoms. The van der Waals surface area contributed by atoms with Crippen molar-refractivity contribution in [1.29, 1.82) is 0 Å². The molecule has 0 N–H and O–H groups in total. The van der Waals surface area contributed by atoms with Crippen LogP contribution in [0.3, 0.4) is 0 Å². The molecule has 0 saturated heterocycles. The van der Waals surface area contributed by atoms with Gasteiger partial charge in [0.1, 0.15) is 5.75 Å². The molecule has 80 valence electrons. The zero-order valence-corrected chi connectivity index (χ0v) is 9.43. The van der Waals surface area contributed by atoms with Gasteiger partial charge in [-0.3, -0.25) is 4.79 Å². The van der Waals surface area contributed by atoms with E-state index in [-0.39, 0.29) is 0 Å². The van der Waals surface area contributed by atoms with Crippen LogP contribution in [0.25, 0.3) is 0 Å². The lowest BCUT2D eigenvalue weighted by Gasteiger charge is -2.20. The Morgan fingerprint density at radius 2 is 2.13 bits per heavy atom. The van der Waals surface area contributed by atoms with E-state index in [1.165, 1.54) is 12.0 Å². The Morgan fingerprint density at radius 1 is 1.40 bits per heavy atom. The molecule has 1 aromatic rings. The number of aldehydes is 1. The summed E-state index contributed by atoms with van der Waals surface area (Å²) >= 11 is 6.06. The van der Waals surface area contributed by atoms with Crippen molar-refractivity contribution in [1.82, 2.24) is 0 Å². The van der Waals surface area contributed by atoms with Crippen molar-refractivity contribution in [2.45, 2.75) is 25.7 Å². The first-order chi connectivity index (χ1) is 7.27. The van der Waals surface area contributed by atoms with E-state index < -0.39 is 0 Å². The SMILES string of the molecule is COc1c(Cl)cc2c(c1C=O)CCCC2. The maximum absolute atomic E-state index is 11.1. The third-order valence-electron chi connectivity index (χ3n) is 2.92. The number of aryl methyl sites for hydroxylation is 1. The van der Waals surface area contributed by atoms with Gasteiger partial charge in [-0.15, -0.1) is 0 Å². The van der Waals surface area contributed by atoms with Gasteiger partial charge in [-0.25, -0.2) is 0 Å². The monoisotopic (exact) mass is 224 g/mol. The van der Waals surface area contributed by atoms with Gasteiger partial charge in [-0.1, -0.05) is 11.6 Å². The first-order valence-corrected chi connectivity index (χ1v) is 5.49. The van der Waals surface area contributed by atoms with Gasteiger partial charge in [0.15, 0.2) is 6.29 Å². The van der Waals surface area contributed by atoms with Gasteiger partial charge < -0.3 is 4.74 Å². The van der Waals surface area contributed by atoms with Crippen molar-refractivity contribution >= 4 is 17.9 Å². The summed E-state index contributed by atoms with van der Waals surface area (Å²) in [6, 6.07) is 1.93. The maximum Gasteiger partial charge on any atom is 0.154 e. The molecule has 0 atom stereocenters. The topological polar surface area (TPSA) is 26.3 Å². The molecule has 0 aromatic heterocycles. The van der Waals surface area contributed by atoms with Gasteiger partial charge in [-0.2, -0.15) is 0 Å². The Labute approximate surface area is 94.2 Å². The molecule has 0 spiro atoms. The molecule has 0 unspecified atom stereocenters. The van der Waals surface area contributed by atoms with Gasteiger partial charge in [0.25, 0.3) is 0 Å². The largest absolute Gasteiger partial charge is 0.494 e. The lowest BCUT2D eigenvalue weighted by atomic mass is 9.88. The normalized spacial score (nSPS) is 14.5.